The van der Waals surface area contributed by atoms with Crippen molar-refractivity contribution in [2.45, 2.75) is 71.8 Å². The first-order valence-electron chi connectivity index (χ1n) is 10.1. The fraction of sp³-hybridized carbons (Fsp3) is 0.714. The number of benzene rings is 1. The van der Waals surface area contributed by atoms with Crippen LogP contribution in [-0.4, -0.2) is 65.9 Å². The molecule has 1 aromatic rings. The molecule has 0 aliphatic heterocycles. The first kappa shape index (κ1) is 31.7. The highest BCUT2D eigenvalue weighted by atomic mass is 31.2. The number of aryl methyl sites for hydroxylation is 1. The van der Waals surface area contributed by atoms with Crippen LogP contribution in [0.15, 0.2) is 12.1 Å². The van der Waals surface area contributed by atoms with Crippen molar-refractivity contribution >= 4 is 17.2 Å². The monoisotopic (exact) mass is 498 g/mol. The highest BCUT2D eigenvalue weighted by Crippen LogP contribution is 2.41. The van der Waals surface area contributed by atoms with Gasteiger partial charge in [-0.15, -0.1) is 0 Å². The largest absolute Gasteiger partial charge is 0.396 e. The van der Waals surface area contributed by atoms with Gasteiger partial charge in [-0.3, -0.25) is 0 Å². The van der Waals surface area contributed by atoms with Crippen LogP contribution in [0.5, 0.6) is 0 Å². The fourth-order valence-electron chi connectivity index (χ4n) is 3.32. The Morgan fingerprint density at radius 2 is 1.12 bits per heavy atom. The summed E-state index contributed by atoms with van der Waals surface area (Å²) in [6, 6.07) is 4.30. The Balaban J connectivity index is 0.00000118. The summed E-state index contributed by atoms with van der Waals surface area (Å²) in [6.07, 6.45) is -0.765. The summed E-state index contributed by atoms with van der Waals surface area (Å²) in [7, 11) is -5.22. The van der Waals surface area contributed by atoms with E-state index < -0.39 is 48.5 Å². The minimum Gasteiger partial charge on any atom is -0.396 e. The Morgan fingerprint density at radius 1 is 0.781 bits per heavy atom. The van der Waals surface area contributed by atoms with Crippen LogP contribution in [0.2, 0.25) is 0 Å². The van der Waals surface area contributed by atoms with Crippen molar-refractivity contribution in [3.05, 3.63) is 34.4 Å². The maximum Gasteiger partial charge on any atom is 0.334 e. The molecule has 32 heavy (non-hydrogen) atoms. The molecule has 0 saturated carbocycles. The lowest BCUT2D eigenvalue weighted by Crippen LogP contribution is -2.46. The molecule has 1 atom stereocenters. The number of hydrogen-bond donors (Lipinski definition) is 8. The highest BCUT2D eigenvalue weighted by molar-refractivity contribution is 7.53. The summed E-state index contributed by atoms with van der Waals surface area (Å²) in [6.45, 7) is 13.5. The molecule has 1 unspecified atom stereocenters. The lowest BCUT2D eigenvalue weighted by atomic mass is 9.72. The normalized spacial score (nSPS) is 13.9. The van der Waals surface area contributed by atoms with Crippen LogP contribution >= 0.6 is 17.2 Å². The zero-order valence-electron chi connectivity index (χ0n) is 19.9. The van der Waals surface area contributed by atoms with Crippen LogP contribution in [0, 0.1) is 12.3 Å². The number of rotatable bonds is 8. The lowest BCUT2D eigenvalue weighted by molar-refractivity contribution is -0.0825. The summed E-state index contributed by atoms with van der Waals surface area (Å²) in [5.74, 6) is 0. The predicted molar refractivity (Wildman–Crippen MR) is 126 cm³/mol. The maximum atomic E-state index is 10.8. The standard InChI is InChI=1S/C21H36O4.H4O5P2/c1-14-8-16(19(2,3)4)15(17(9-14)20(5,6)7)10-18(25)21(11-22,12-23)13-24;1-6(2)5-7(3)4/h8-9,18,22-25H,10-13H2,1-7H3;1-4H. The molecule has 188 valence electrons. The van der Waals surface area contributed by atoms with Crippen LogP contribution in [0.3, 0.4) is 0 Å². The van der Waals surface area contributed by atoms with Gasteiger partial charge in [-0.25, -0.2) is 4.31 Å². The second kappa shape index (κ2) is 13.0. The van der Waals surface area contributed by atoms with Crippen molar-refractivity contribution < 1.29 is 44.3 Å². The third kappa shape index (κ3) is 9.53. The van der Waals surface area contributed by atoms with Crippen LogP contribution in [0.25, 0.3) is 0 Å². The van der Waals surface area contributed by atoms with Crippen molar-refractivity contribution in [3.8, 4) is 0 Å². The minimum absolute atomic E-state index is 0.110. The van der Waals surface area contributed by atoms with Crippen molar-refractivity contribution in [1.29, 1.82) is 0 Å². The van der Waals surface area contributed by atoms with E-state index in [1.54, 1.807) is 0 Å². The van der Waals surface area contributed by atoms with Gasteiger partial charge in [0, 0.05) is 0 Å². The van der Waals surface area contributed by atoms with Crippen molar-refractivity contribution in [1.82, 2.24) is 0 Å². The molecule has 0 bridgehead atoms. The first-order valence-corrected chi connectivity index (χ1v) is 12.5. The average Bonchev–Trinajstić information content (AvgIpc) is 2.62. The smallest absolute Gasteiger partial charge is 0.334 e. The van der Waals surface area contributed by atoms with Crippen LogP contribution < -0.4 is 0 Å². The van der Waals surface area contributed by atoms with Crippen molar-refractivity contribution in [2.24, 2.45) is 5.41 Å². The Morgan fingerprint density at radius 3 is 1.34 bits per heavy atom. The Bertz CT molecular complexity index is 644. The van der Waals surface area contributed by atoms with Crippen molar-refractivity contribution in [3.63, 3.8) is 0 Å². The minimum atomic E-state index is -2.61. The van der Waals surface area contributed by atoms with Gasteiger partial charge in [0.2, 0.25) is 0 Å². The van der Waals surface area contributed by atoms with E-state index in [-0.39, 0.29) is 17.3 Å². The Labute approximate surface area is 193 Å². The molecule has 0 amide bonds. The zero-order valence-corrected chi connectivity index (χ0v) is 21.7. The van der Waals surface area contributed by atoms with E-state index >= 15 is 0 Å². The number of aliphatic hydroxyl groups is 4. The number of hydrogen-bond acceptors (Lipinski definition) is 9. The van der Waals surface area contributed by atoms with Gasteiger partial charge in [0.25, 0.3) is 0 Å². The first-order chi connectivity index (χ1) is 14.4. The Hall–Kier alpha value is -0.280. The fourth-order valence-corrected chi connectivity index (χ4v) is 3.84. The quantitative estimate of drug-likeness (QED) is 0.249. The van der Waals surface area contributed by atoms with E-state index in [1.165, 1.54) is 5.56 Å². The van der Waals surface area contributed by atoms with E-state index in [0.29, 0.717) is 0 Å². The molecule has 1 rings (SSSR count). The van der Waals surface area contributed by atoms with Crippen molar-refractivity contribution in [2.75, 3.05) is 19.8 Å². The van der Waals surface area contributed by atoms with Gasteiger partial charge in [-0.1, -0.05) is 59.2 Å². The molecule has 0 radical (unpaired) electrons. The van der Waals surface area contributed by atoms with Gasteiger partial charge in [-0.05, 0) is 40.9 Å². The van der Waals surface area contributed by atoms with Gasteiger partial charge in [-0.2, -0.15) is 0 Å². The molecule has 9 nitrogen and oxygen atoms in total. The summed E-state index contributed by atoms with van der Waals surface area (Å²) in [5, 5.41) is 39.7. The average molecular weight is 498 g/mol. The maximum absolute atomic E-state index is 10.8. The summed E-state index contributed by atoms with van der Waals surface area (Å²) >= 11 is 0. The van der Waals surface area contributed by atoms with Gasteiger partial charge in [0.05, 0.1) is 31.3 Å². The predicted octanol–water partition coefficient (Wildman–Crippen LogP) is 1.88. The number of aliphatic hydroxyl groups excluding tert-OH is 4. The molecule has 11 heteroatoms. The van der Waals surface area contributed by atoms with Gasteiger partial charge in [0.1, 0.15) is 0 Å². The van der Waals surface area contributed by atoms with Crippen LogP contribution in [0.1, 0.15) is 63.8 Å². The third-order valence-corrected chi connectivity index (χ3v) is 6.37. The van der Waals surface area contributed by atoms with E-state index in [9.17, 15) is 20.4 Å². The molecule has 8 N–H and O–H groups in total. The molecule has 0 heterocycles. The van der Waals surface area contributed by atoms with E-state index in [1.807, 2.05) is 0 Å². The molecule has 0 aromatic heterocycles. The molecule has 0 spiro atoms. The zero-order chi connectivity index (χ0) is 25.5. The molecule has 0 aliphatic rings. The van der Waals surface area contributed by atoms with Crippen LogP contribution in [-0.2, 0) is 21.6 Å². The van der Waals surface area contributed by atoms with E-state index in [0.717, 1.165) is 16.7 Å². The van der Waals surface area contributed by atoms with Gasteiger partial charge < -0.3 is 40.0 Å². The third-order valence-electron chi connectivity index (χ3n) is 5.21. The molecule has 0 aliphatic carbocycles. The molecule has 0 fully saturated rings. The summed E-state index contributed by atoms with van der Waals surface area (Å²) in [5.41, 5.74) is 2.99. The van der Waals surface area contributed by atoms with Gasteiger partial charge in [0.15, 0.2) is 0 Å². The van der Waals surface area contributed by atoms with E-state index in [2.05, 4.69) is 64.9 Å². The molecular formula is C21H40O9P2. The van der Waals surface area contributed by atoms with Crippen LogP contribution in [0.4, 0.5) is 0 Å². The summed E-state index contributed by atoms with van der Waals surface area (Å²) in [4.78, 5) is 31.3. The second-order valence-corrected chi connectivity index (χ2v) is 11.6. The highest BCUT2D eigenvalue weighted by Gasteiger charge is 2.38. The van der Waals surface area contributed by atoms with E-state index in [4.69, 9.17) is 19.6 Å². The topological polar surface area (TPSA) is 171 Å². The second-order valence-electron chi connectivity index (χ2n) is 9.98. The molecule has 1 aromatic carbocycles. The Kier molecular flexibility index (Phi) is 12.9. The molecular weight excluding hydrogens is 458 g/mol. The summed E-state index contributed by atoms with van der Waals surface area (Å²) < 4.78 is 3.60. The van der Waals surface area contributed by atoms with Gasteiger partial charge >= 0.3 is 17.2 Å². The SMILES string of the molecule is Cc1cc(C(C)(C)C)c(CC(O)C(CO)(CO)CO)c(C(C)(C)C)c1.OP(O)OP(O)O. The molecule has 0 saturated heterocycles. The lowest BCUT2D eigenvalue weighted by Gasteiger charge is -2.36.